The van der Waals surface area contributed by atoms with Gasteiger partial charge in [-0.3, -0.25) is 20.2 Å². The Bertz CT molecular complexity index is 699. The van der Waals surface area contributed by atoms with Crippen LogP contribution < -0.4 is 29.6 Å². The van der Waals surface area contributed by atoms with Crippen LogP contribution in [0.3, 0.4) is 0 Å². The van der Waals surface area contributed by atoms with E-state index >= 15 is 0 Å². The molecule has 0 fully saturated rings. The number of nitrogens with zero attached hydrogens (tertiary/aromatic N) is 2. The molecular weight excluding hydrogens is 303 g/mol. The van der Waals surface area contributed by atoms with Gasteiger partial charge >= 0.3 is 29.6 Å². The Labute approximate surface area is 136 Å². The second-order valence-corrected chi connectivity index (χ2v) is 5.19. The Morgan fingerprint density at radius 2 is 1.25 bits per heavy atom. The molecule has 0 aromatic heterocycles. The fourth-order valence-electron chi connectivity index (χ4n) is 1.89. The van der Waals surface area contributed by atoms with Gasteiger partial charge in [-0.05, 0) is 26.3 Å². The number of hydrogen-bond acceptors (Lipinski definition) is 7. The average molecular weight is 312 g/mol. The Kier molecular flexibility index (Phi) is 5.81. The normalized spacial score (nSPS) is 10.8. The standard InChI is InChI=1S/C9H10N2O7S.Na/c1-4-5(2)9(19(16,17)18)8(11(14)15)6(3)7(4)10(12)13;/h1-3H3,(H,16,17,18);/q;+1/p-1. The molecule has 104 valence electrons. The van der Waals surface area contributed by atoms with Crippen molar-refractivity contribution in [2.45, 2.75) is 25.7 Å². The molecule has 11 heteroatoms. The van der Waals surface area contributed by atoms with Gasteiger partial charge in [-0.25, -0.2) is 8.42 Å². The van der Waals surface area contributed by atoms with E-state index in [1.807, 2.05) is 0 Å². The van der Waals surface area contributed by atoms with Gasteiger partial charge in [0.05, 0.1) is 9.85 Å². The summed E-state index contributed by atoms with van der Waals surface area (Å²) in [6.07, 6.45) is 0. The molecule has 0 aliphatic carbocycles. The van der Waals surface area contributed by atoms with Crippen molar-refractivity contribution in [2.24, 2.45) is 0 Å². The summed E-state index contributed by atoms with van der Waals surface area (Å²) in [7, 11) is -5.11. The van der Waals surface area contributed by atoms with E-state index in [0.29, 0.717) is 0 Å². The second-order valence-electron chi connectivity index (χ2n) is 3.87. The first-order chi connectivity index (χ1) is 8.50. The molecule has 0 heterocycles. The van der Waals surface area contributed by atoms with E-state index in [1.165, 1.54) is 6.92 Å². The van der Waals surface area contributed by atoms with Crippen LogP contribution in [0, 0.1) is 41.0 Å². The van der Waals surface area contributed by atoms with Crippen LogP contribution in [-0.2, 0) is 10.1 Å². The van der Waals surface area contributed by atoms with Crippen LogP contribution in [0.25, 0.3) is 0 Å². The Hall–Kier alpha value is -1.07. The minimum atomic E-state index is -5.11. The first-order valence-electron chi connectivity index (χ1n) is 4.88. The zero-order valence-electron chi connectivity index (χ0n) is 11.2. The molecule has 0 aliphatic rings. The Morgan fingerprint density at radius 3 is 1.55 bits per heavy atom. The fraction of sp³-hybridized carbons (Fsp3) is 0.333. The van der Waals surface area contributed by atoms with Crippen molar-refractivity contribution in [1.82, 2.24) is 0 Å². The first-order valence-corrected chi connectivity index (χ1v) is 6.29. The molecule has 0 saturated heterocycles. The van der Waals surface area contributed by atoms with Crippen LogP contribution in [0.1, 0.15) is 16.7 Å². The maximum absolute atomic E-state index is 11.1. The predicted octanol–water partition coefficient (Wildman–Crippen LogP) is -1.66. The van der Waals surface area contributed by atoms with Gasteiger partial charge in [-0.1, -0.05) is 0 Å². The number of nitro benzene ring substituents is 2. The van der Waals surface area contributed by atoms with E-state index in [9.17, 15) is 33.2 Å². The molecule has 0 spiro atoms. The average Bonchev–Trinajstić information content (AvgIpc) is 2.20. The molecule has 0 bridgehead atoms. The molecule has 20 heavy (non-hydrogen) atoms. The zero-order chi connectivity index (χ0) is 15.1. The van der Waals surface area contributed by atoms with Gasteiger partial charge in [0.2, 0.25) is 0 Å². The number of hydrogen-bond donors (Lipinski definition) is 0. The molecule has 1 rings (SSSR count). The van der Waals surface area contributed by atoms with Crippen LogP contribution in [0.5, 0.6) is 0 Å². The quantitative estimate of drug-likeness (QED) is 0.281. The van der Waals surface area contributed by atoms with Gasteiger partial charge in [0.1, 0.15) is 20.6 Å². The van der Waals surface area contributed by atoms with E-state index in [0.717, 1.165) is 13.8 Å². The molecule has 0 aliphatic heterocycles. The van der Waals surface area contributed by atoms with Gasteiger partial charge in [0.15, 0.2) is 0 Å². The SMILES string of the molecule is Cc1c(C)c(S(=O)(=O)[O-])c([N+](=O)[O-])c(C)c1[N+](=O)[O-].[Na+]. The molecule has 9 nitrogen and oxygen atoms in total. The summed E-state index contributed by atoms with van der Waals surface area (Å²) < 4.78 is 33.4. The molecule has 0 radical (unpaired) electrons. The number of benzene rings is 1. The van der Waals surface area contributed by atoms with Crippen molar-refractivity contribution in [3.8, 4) is 0 Å². The van der Waals surface area contributed by atoms with Crippen LogP contribution >= 0.6 is 0 Å². The van der Waals surface area contributed by atoms with Crippen molar-refractivity contribution >= 4 is 21.5 Å². The summed E-state index contributed by atoms with van der Waals surface area (Å²) in [4.78, 5) is 18.8. The Balaban J connectivity index is 0.00000361. The summed E-state index contributed by atoms with van der Waals surface area (Å²) >= 11 is 0. The Morgan fingerprint density at radius 1 is 0.850 bits per heavy atom. The van der Waals surface area contributed by atoms with E-state index < -0.39 is 41.8 Å². The van der Waals surface area contributed by atoms with Crippen LogP contribution in [0.4, 0.5) is 11.4 Å². The van der Waals surface area contributed by atoms with Crippen molar-refractivity contribution in [2.75, 3.05) is 0 Å². The van der Waals surface area contributed by atoms with E-state index in [4.69, 9.17) is 0 Å². The topological polar surface area (TPSA) is 143 Å². The van der Waals surface area contributed by atoms with E-state index in [-0.39, 0.29) is 40.7 Å². The van der Waals surface area contributed by atoms with Crippen molar-refractivity contribution < 1.29 is 52.4 Å². The van der Waals surface area contributed by atoms with Crippen molar-refractivity contribution in [1.29, 1.82) is 0 Å². The monoisotopic (exact) mass is 312 g/mol. The summed E-state index contributed by atoms with van der Waals surface area (Å²) in [6, 6.07) is 0. The maximum Gasteiger partial charge on any atom is 1.00 e. The molecule has 0 amide bonds. The third kappa shape index (κ3) is 3.15. The molecule has 0 saturated carbocycles. The predicted molar refractivity (Wildman–Crippen MR) is 61.9 cm³/mol. The first kappa shape index (κ1) is 18.9. The molecule has 0 atom stereocenters. The molecule has 0 N–H and O–H groups in total. The molecule has 0 unspecified atom stereocenters. The van der Waals surface area contributed by atoms with Gasteiger partial charge < -0.3 is 4.55 Å². The number of nitro groups is 2. The smallest absolute Gasteiger partial charge is 0.744 e. The second kappa shape index (κ2) is 6.14. The van der Waals surface area contributed by atoms with Crippen LogP contribution in [-0.4, -0.2) is 22.8 Å². The summed E-state index contributed by atoms with van der Waals surface area (Å²) in [5, 5.41) is 21.8. The largest absolute Gasteiger partial charge is 1.00 e. The van der Waals surface area contributed by atoms with Gasteiger partial charge in [-0.2, -0.15) is 0 Å². The maximum atomic E-state index is 11.1. The summed E-state index contributed by atoms with van der Waals surface area (Å²) in [5.74, 6) is 0. The molecular formula is C9H9N2NaO7S. The summed E-state index contributed by atoms with van der Waals surface area (Å²) in [6.45, 7) is 3.40. The summed E-state index contributed by atoms with van der Waals surface area (Å²) in [5.41, 5.74) is -2.41. The third-order valence-corrected chi connectivity index (χ3v) is 3.80. The van der Waals surface area contributed by atoms with E-state index in [2.05, 4.69) is 0 Å². The van der Waals surface area contributed by atoms with E-state index in [1.54, 1.807) is 0 Å². The van der Waals surface area contributed by atoms with Crippen LogP contribution in [0.15, 0.2) is 4.90 Å². The fourth-order valence-corrected chi connectivity index (χ4v) is 2.88. The van der Waals surface area contributed by atoms with Gasteiger partial charge in [0, 0.05) is 5.56 Å². The molecule has 1 aromatic rings. The molecule has 1 aromatic carbocycles. The number of rotatable bonds is 3. The zero-order valence-corrected chi connectivity index (χ0v) is 14.0. The van der Waals surface area contributed by atoms with Gasteiger partial charge in [0.25, 0.3) is 11.4 Å². The minimum absolute atomic E-state index is 0. The minimum Gasteiger partial charge on any atom is -0.744 e. The van der Waals surface area contributed by atoms with Gasteiger partial charge in [-0.15, -0.1) is 0 Å². The van der Waals surface area contributed by atoms with Crippen molar-refractivity contribution in [3.05, 3.63) is 36.9 Å². The van der Waals surface area contributed by atoms with Crippen molar-refractivity contribution in [3.63, 3.8) is 0 Å². The third-order valence-electron chi connectivity index (χ3n) is 2.80. The van der Waals surface area contributed by atoms with Crippen LogP contribution in [0.2, 0.25) is 0 Å².